The van der Waals surface area contributed by atoms with Crippen LogP contribution in [0.1, 0.15) is 127 Å². The predicted molar refractivity (Wildman–Crippen MR) is 209 cm³/mol. The predicted octanol–water partition coefficient (Wildman–Crippen LogP) is 11.7. The third-order valence-electron chi connectivity index (χ3n) is 10.7. The largest absolute Gasteiger partial charge is 0.452 e. The minimum Gasteiger partial charge on any atom is -0.452 e. The third kappa shape index (κ3) is 12.3. The average Bonchev–Trinajstić information content (AvgIpc) is 3.18. The molecule has 0 aliphatic heterocycles. The maximum Gasteiger partial charge on any atom is 0.432 e. The molecule has 0 unspecified atom stereocenters. The molecule has 0 radical (unpaired) electrons. The van der Waals surface area contributed by atoms with Gasteiger partial charge in [0.05, 0.1) is 6.42 Å². The molecule has 1 aliphatic rings. The van der Waals surface area contributed by atoms with Gasteiger partial charge in [0.2, 0.25) is 0 Å². The number of esters is 2. The highest BCUT2D eigenvalue weighted by Crippen LogP contribution is 2.47. The lowest BCUT2D eigenvalue weighted by atomic mass is 9.80. The monoisotopic (exact) mass is 824 g/mol. The van der Waals surface area contributed by atoms with Crippen molar-refractivity contribution in [3.63, 3.8) is 0 Å². The summed E-state index contributed by atoms with van der Waals surface area (Å²) < 4.78 is 110. The number of unbranched alkanes of at least 4 members (excludes halogenated alkanes) is 13. The first-order valence-corrected chi connectivity index (χ1v) is 20.3. The number of methoxy groups -OCH3 is 2. The minimum absolute atomic E-state index is 0.182. The van der Waals surface area contributed by atoms with Crippen molar-refractivity contribution >= 4 is 17.7 Å². The number of rotatable bonds is 25. The van der Waals surface area contributed by atoms with Crippen LogP contribution >= 0.6 is 0 Å². The van der Waals surface area contributed by atoms with Crippen LogP contribution in [0, 0.1) is 0 Å². The Morgan fingerprint density at radius 3 is 1.52 bits per heavy atom. The normalized spacial score (nSPS) is 19.5. The van der Waals surface area contributed by atoms with Gasteiger partial charge in [-0.1, -0.05) is 150 Å². The number of hydrogen-bond donors (Lipinski definition) is 0. The molecular formula is C45H58F6O7. The summed E-state index contributed by atoms with van der Waals surface area (Å²) in [5.41, 5.74) is -11.0. The van der Waals surface area contributed by atoms with Crippen molar-refractivity contribution in [2.75, 3.05) is 14.2 Å². The first-order valence-electron chi connectivity index (χ1n) is 20.3. The molecule has 4 atom stereocenters. The highest BCUT2D eigenvalue weighted by atomic mass is 19.4. The van der Waals surface area contributed by atoms with E-state index in [2.05, 4.69) is 19.1 Å². The van der Waals surface area contributed by atoms with Crippen LogP contribution in [0.4, 0.5) is 26.3 Å². The Balaban J connectivity index is 1.80. The number of ether oxygens (including phenoxy) is 4. The van der Waals surface area contributed by atoms with E-state index in [9.17, 15) is 40.7 Å². The number of carbonyl (C=O) groups excluding carboxylic acids is 3. The van der Waals surface area contributed by atoms with Crippen LogP contribution in [0.2, 0.25) is 0 Å². The molecule has 58 heavy (non-hydrogen) atoms. The first-order chi connectivity index (χ1) is 27.6. The van der Waals surface area contributed by atoms with Crippen LogP contribution in [-0.2, 0) is 44.5 Å². The van der Waals surface area contributed by atoms with E-state index in [0.29, 0.717) is 27.1 Å². The maximum absolute atomic E-state index is 15.0. The highest BCUT2D eigenvalue weighted by Gasteiger charge is 2.67. The Morgan fingerprint density at radius 1 is 0.655 bits per heavy atom. The van der Waals surface area contributed by atoms with Gasteiger partial charge in [0, 0.05) is 25.3 Å². The molecule has 7 nitrogen and oxygen atoms in total. The van der Waals surface area contributed by atoms with E-state index in [1.807, 2.05) is 0 Å². The zero-order valence-corrected chi connectivity index (χ0v) is 33.8. The van der Waals surface area contributed by atoms with Gasteiger partial charge in [0.1, 0.15) is 0 Å². The molecule has 0 saturated heterocycles. The molecule has 0 saturated carbocycles. The van der Waals surface area contributed by atoms with Gasteiger partial charge in [-0.15, -0.1) is 0 Å². The summed E-state index contributed by atoms with van der Waals surface area (Å²) in [5.74, 6) is -4.63. The summed E-state index contributed by atoms with van der Waals surface area (Å²) in [6.07, 6.45) is 7.30. The number of benzene rings is 2. The molecule has 0 spiro atoms. The number of hydrogen-bond acceptors (Lipinski definition) is 7. The van der Waals surface area contributed by atoms with Crippen LogP contribution in [0.3, 0.4) is 0 Å². The van der Waals surface area contributed by atoms with Gasteiger partial charge in [0.15, 0.2) is 17.5 Å². The lowest BCUT2D eigenvalue weighted by Crippen LogP contribution is -2.59. The third-order valence-corrected chi connectivity index (χ3v) is 10.7. The summed E-state index contributed by atoms with van der Waals surface area (Å²) in [5, 5.41) is 0. The van der Waals surface area contributed by atoms with Gasteiger partial charge in [0.25, 0.3) is 11.2 Å². The Labute approximate surface area is 338 Å². The van der Waals surface area contributed by atoms with Crippen molar-refractivity contribution in [2.45, 2.75) is 151 Å². The van der Waals surface area contributed by atoms with E-state index in [0.717, 1.165) is 81.4 Å². The standard InChI is InChI=1S/C45H58F6O7/c1-4-5-6-7-8-9-10-11-12-13-14-15-16-17-18-19-26-33-41(58-40(54)43(56-3,45(49,50)51)36-29-24-21-25-30-36)34-37(52)31-32-38(41)57-39(53)42(55-2,44(46,47)48)35-27-22-20-23-28-35/h5-6,20-25,27-32,38H,4,7-19,26,33-34H2,1-3H3/b6-5+/t38-,41-,42+,43+/m0/s1. The summed E-state index contributed by atoms with van der Waals surface area (Å²) in [6, 6.07) is 11.9. The van der Waals surface area contributed by atoms with Gasteiger partial charge < -0.3 is 18.9 Å². The lowest BCUT2D eigenvalue weighted by molar-refractivity contribution is -0.289. The molecule has 0 N–H and O–H groups in total. The highest BCUT2D eigenvalue weighted by molar-refractivity contribution is 5.93. The van der Waals surface area contributed by atoms with Crippen molar-refractivity contribution < 1.29 is 59.7 Å². The molecular weight excluding hydrogens is 766 g/mol. The quantitative estimate of drug-likeness (QED) is 0.0426. The molecule has 0 heterocycles. The van der Waals surface area contributed by atoms with Crippen LogP contribution in [0.25, 0.3) is 0 Å². The Hall–Kier alpha value is -3.97. The summed E-state index contributed by atoms with van der Waals surface area (Å²) in [4.78, 5) is 40.8. The van der Waals surface area contributed by atoms with Crippen LogP contribution in [-0.4, -0.2) is 56.0 Å². The second-order valence-electron chi connectivity index (χ2n) is 14.8. The zero-order chi connectivity index (χ0) is 42.7. The first kappa shape index (κ1) is 48.4. The molecule has 0 bridgehead atoms. The Morgan fingerprint density at radius 2 is 1.09 bits per heavy atom. The molecule has 0 fully saturated rings. The smallest absolute Gasteiger partial charge is 0.432 e. The van der Waals surface area contributed by atoms with E-state index in [4.69, 9.17) is 18.9 Å². The van der Waals surface area contributed by atoms with Crippen LogP contribution in [0.15, 0.2) is 85.0 Å². The Bertz CT molecular complexity index is 1610. The van der Waals surface area contributed by atoms with Gasteiger partial charge in [-0.25, -0.2) is 9.59 Å². The number of alkyl halides is 6. The fourth-order valence-corrected chi connectivity index (χ4v) is 7.49. The molecule has 3 rings (SSSR count). The van der Waals surface area contributed by atoms with Crippen molar-refractivity contribution in [3.05, 3.63) is 96.1 Å². The Kier molecular flexibility index (Phi) is 19.2. The van der Waals surface area contributed by atoms with Gasteiger partial charge in [-0.3, -0.25) is 4.79 Å². The topological polar surface area (TPSA) is 88.1 Å². The van der Waals surface area contributed by atoms with E-state index >= 15 is 0 Å². The van der Waals surface area contributed by atoms with Crippen molar-refractivity contribution in [1.29, 1.82) is 0 Å². The van der Waals surface area contributed by atoms with Gasteiger partial charge in [-0.2, -0.15) is 26.3 Å². The molecule has 2 aromatic rings. The average molecular weight is 825 g/mol. The number of halogens is 6. The molecule has 0 amide bonds. The number of carbonyl (C=O) groups is 3. The molecule has 0 aromatic heterocycles. The van der Waals surface area contributed by atoms with Crippen LogP contribution in [0.5, 0.6) is 0 Å². The lowest BCUT2D eigenvalue weighted by Gasteiger charge is -2.43. The van der Waals surface area contributed by atoms with Crippen LogP contribution < -0.4 is 0 Å². The fraction of sp³-hybridized carbons (Fsp3) is 0.578. The summed E-state index contributed by atoms with van der Waals surface area (Å²) >= 11 is 0. The maximum atomic E-state index is 15.0. The summed E-state index contributed by atoms with van der Waals surface area (Å²) in [7, 11) is 1.34. The molecule has 1 aliphatic carbocycles. The van der Waals surface area contributed by atoms with Crippen molar-refractivity contribution in [1.82, 2.24) is 0 Å². The van der Waals surface area contributed by atoms with E-state index in [1.165, 1.54) is 68.5 Å². The van der Waals surface area contributed by atoms with Gasteiger partial charge in [-0.05, 0) is 44.3 Å². The second kappa shape index (κ2) is 23.0. The van der Waals surface area contributed by atoms with Crippen molar-refractivity contribution in [2.24, 2.45) is 0 Å². The molecule has 2 aromatic carbocycles. The molecule has 322 valence electrons. The fourth-order valence-electron chi connectivity index (χ4n) is 7.49. The minimum atomic E-state index is -5.40. The summed E-state index contributed by atoms with van der Waals surface area (Å²) in [6.45, 7) is 2.13. The zero-order valence-electron chi connectivity index (χ0n) is 33.8. The number of allylic oxidation sites excluding steroid dienone is 3. The number of ketones is 1. The SMILES string of the molecule is CC/C=C/CCCCCCCCCCCCCCC[C@]1(OC(=O)[C@](OC)(c2ccccc2)C(F)(F)F)CC(=O)C=C[C@@H]1OC(=O)[C@](OC)(c1ccccc1)C(F)(F)F. The second-order valence-corrected chi connectivity index (χ2v) is 14.8. The van der Waals surface area contributed by atoms with E-state index in [1.54, 1.807) is 0 Å². The van der Waals surface area contributed by atoms with E-state index in [-0.39, 0.29) is 12.8 Å². The van der Waals surface area contributed by atoms with E-state index < -0.39 is 70.5 Å². The van der Waals surface area contributed by atoms with Crippen molar-refractivity contribution in [3.8, 4) is 0 Å². The van der Waals surface area contributed by atoms with Gasteiger partial charge >= 0.3 is 24.3 Å². The molecule has 13 heteroatoms.